The Morgan fingerprint density at radius 3 is 2.43 bits per heavy atom. The summed E-state index contributed by atoms with van der Waals surface area (Å²) < 4.78 is 11.7. The maximum Gasteiger partial charge on any atom is 0.127 e. The Labute approximate surface area is 133 Å². The van der Waals surface area contributed by atoms with Crippen LogP contribution in [0.3, 0.4) is 0 Å². The molecule has 2 aromatic carbocycles. The number of nitrogens with two attached hydrogens (primary N) is 1. The van der Waals surface area contributed by atoms with E-state index < -0.39 is 0 Å². The van der Waals surface area contributed by atoms with Gasteiger partial charge in [0.05, 0.1) is 20.3 Å². The SMILES string of the molecule is COc1ccc(C(NN)c2cc(C)cc(Br)c2)c(OC)c1. The standard InChI is InChI=1S/C16H19BrN2O2/c1-10-6-11(8-12(17)7-10)16(19-18)14-5-4-13(20-2)9-15(14)21-3/h4-9,16,19H,18H2,1-3H3. The fraction of sp³-hybridized carbons (Fsp3) is 0.250. The molecule has 0 aliphatic heterocycles. The molecule has 0 aromatic heterocycles. The average molecular weight is 351 g/mol. The summed E-state index contributed by atoms with van der Waals surface area (Å²) in [6.07, 6.45) is 0. The molecule has 2 rings (SSSR count). The van der Waals surface area contributed by atoms with E-state index in [4.69, 9.17) is 15.3 Å². The van der Waals surface area contributed by atoms with Gasteiger partial charge < -0.3 is 9.47 Å². The molecule has 21 heavy (non-hydrogen) atoms. The van der Waals surface area contributed by atoms with Crippen molar-refractivity contribution in [3.05, 3.63) is 57.6 Å². The minimum absolute atomic E-state index is 0.165. The number of rotatable bonds is 5. The van der Waals surface area contributed by atoms with E-state index in [0.29, 0.717) is 0 Å². The first-order valence-electron chi connectivity index (χ1n) is 6.54. The highest BCUT2D eigenvalue weighted by atomic mass is 79.9. The van der Waals surface area contributed by atoms with Crippen molar-refractivity contribution >= 4 is 15.9 Å². The molecule has 0 heterocycles. The molecule has 0 amide bonds. The Hall–Kier alpha value is -1.56. The first kappa shape index (κ1) is 15.8. The largest absolute Gasteiger partial charge is 0.497 e. The van der Waals surface area contributed by atoms with Crippen LogP contribution in [0.15, 0.2) is 40.9 Å². The second kappa shape index (κ2) is 6.93. The van der Waals surface area contributed by atoms with Crippen molar-refractivity contribution in [2.45, 2.75) is 13.0 Å². The van der Waals surface area contributed by atoms with Crippen LogP contribution in [0.5, 0.6) is 11.5 Å². The normalized spacial score (nSPS) is 12.0. The first-order chi connectivity index (χ1) is 10.1. The number of benzene rings is 2. The minimum atomic E-state index is -0.165. The third-order valence-electron chi connectivity index (χ3n) is 3.32. The Bertz CT molecular complexity index is 611. The van der Waals surface area contributed by atoms with Gasteiger partial charge in [-0.15, -0.1) is 0 Å². The van der Waals surface area contributed by atoms with E-state index >= 15 is 0 Å². The van der Waals surface area contributed by atoms with Crippen LogP contribution >= 0.6 is 15.9 Å². The number of nitrogens with one attached hydrogen (secondary N) is 1. The van der Waals surface area contributed by atoms with E-state index in [2.05, 4.69) is 33.5 Å². The maximum absolute atomic E-state index is 5.78. The van der Waals surface area contributed by atoms with Gasteiger partial charge in [0.2, 0.25) is 0 Å². The zero-order chi connectivity index (χ0) is 15.4. The van der Waals surface area contributed by atoms with Gasteiger partial charge in [0.15, 0.2) is 0 Å². The topological polar surface area (TPSA) is 56.5 Å². The molecule has 0 saturated carbocycles. The van der Waals surface area contributed by atoms with Gasteiger partial charge in [0.1, 0.15) is 11.5 Å². The predicted octanol–water partition coefficient (Wildman–Crippen LogP) is 3.33. The molecule has 0 radical (unpaired) electrons. The van der Waals surface area contributed by atoms with Crippen LogP contribution in [0.25, 0.3) is 0 Å². The van der Waals surface area contributed by atoms with Gasteiger partial charge in [-0.05, 0) is 42.3 Å². The maximum atomic E-state index is 5.78. The zero-order valence-electron chi connectivity index (χ0n) is 12.3. The monoisotopic (exact) mass is 350 g/mol. The predicted molar refractivity (Wildman–Crippen MR) is 87.6 cm³/mol. The van der Waals surface area contributed by atoms with Crippen LogP contribution in [0.2, 0.25) is 0 Å². The Morgan fingerprint density at radius 1 is 1.10 bits per heavy atom. The van der Waals surface area contributed by atoms with E-state index in [1.807, 2.05) is 31.2 Å². The number of hydrazine groups is 1. The zero-order valence-corrected chi connectivity index (χ0v) is 13.9. The molecule has 3 N–H and O–H groups in total. The molecule has 112 valence electrons. The highest BCUT2D eigenvalue weighted by molar-refractivity contribution is 9.10. The van der Waals surface area contributed by atoms with E-state index in [0.717, 1.165) is 32.7 Å². The molecule has 0 aliphatic carbocycles. The van der Waals surface area contributed by atoms with Gasteiger partial charge in [-0.2, -0.15) is 0 Å². The van der Waals surface area contributed by atoms with Gasteiger partial charge in [-0.3, -0.25) is 5.84 Å². The summed E-state index contributed by atoms with van der Waals surface area (Å²) in [4.78, 5) is 0. The molecule has 4 nitrogen and oxygen atoms in total. The summed E-state index contributed by atoms with van der Waals surface area (Å²) in [7, 11) is 3.27. The summed E-state index contributed by atoms with van der Waals surface area (Å²) >= 11 is 3.52. The lowest BCUT2D eigenvalue weighted by Crippen LogP contribution is -2.29. The summed E-state index contributed by atoms with van der Waals surface area (Å²) in [5.74, 6) is 7.26. The van der Waals surface area contributed by atoms with Gasteiger partial charge in [-0.25, -0.2) is 5.43 Å². The van der Waals surface area contributed by atoms with Gasteiger partial charge in [0.25, 0.3) is 0 Å². The van der Waals surface area contributed by atoms with Gasteiger partial charge in [0, 0.05) is 16.1 Å². The molecule has 5 heteroatoms. The van der Waals surface area contributed by atoms with Crippen LogP contribution in [0.1, 0.15) is 22.7 Å². The van der Waals surface area contributed by atoms with Gasteiger partial charge in [-0.1, -0.05) is 22.0 Å². The number of aryl methyl sites for hydroxylation is 1. The third kappa shape index (κ3) is 3.56. The van der Waals surface area contributed by atoms with Crippen molar-refractivity contribution in [1.82, 2.24) is 5.43 Å². The van der Waals surface area contributed by atoms with Crippen LogP contribution < -0.4 is 20.7 Å². The molecule has 0 saturated heterocycles. The van der Waals surface area contributed by atoms with Crippen molar-refractivity contribution in [3.8, 4) is 11.5 Å². The third-order valence-corrected chi connectivity index (χ3v) is 3.77. The second-order valence-electron chi connectivity index (χ2n) is 4.77. The molecule has 1 atom stereocenters. The number of halogens is 1. The summed E-state index contributed by atoms with van der Waals surface area (Å²) in [6.45, 7) is 2.05. The minimum Gasteiger partial charge on any atom is -0.497 e. The smallest absolute Gasteiger partial charge is 0.127 e. The number of methoxy groups -OCH3 is 2. The summed E-state index contributed by atoms with van der Waals surface area (Å²) in [6, 6.07) is 11.7. The van der Waals surface area contributed by atoms with E-state index in [-0.39, 0.29) is 6.04 Å². The highest BCUT2D eigenvalue weighted by Gasteiger charge is 2.18. The summed E-state index contributed by atoms with van der Waals surface area (Å²) in [5.41, 5.74) is 6.04. The van der Waals surface area contributed by atoms with Crippen LogP contribution in [0.4, 0.5) is 0 Å². The Kier molecular flexibility index (Phi) is 5.22. The van der Waals surface area contributed by atoms with E-state index in [1.54, 1.807) is 14.2 Å². The van der Waals surface area contributed by atoms with Crippen LogP contribution in [-0.4, -0.2) is 14.2 Å². The lowest BCUT2D eigenvalue weighted by Gasteiger charge is -2.21. The van der Waals surface area contributed by atoms with E-state index in [9.17, 15) is 0 Å². The van der Waals surface area contributed by atoms with Crippen molar-refractivity contribution < 1.29 is 9.47 Å². The van der Waals surface area contributed by atoms with Crippen molar-refractivity contribution in [3.63, 3.8) is 0 Å². The fourth-order valence-electron chi connectivity index (χ4n) is 2.35. The summed E-state index contributed by atoms with van der Waals surface area (Å²) in [5, 5.41) is 0. The quantitative estimate of drug-likeness (QED) is 0.641. The van der Waals surface area contributed by atoms with Crippen molar-refractivity contribution in [2.24, 2.45) is 5.84 Å². The van der Waals surface area contributed by atoms with Crippen LogP contribution in [0, 0.1) is 6.92 Å². The highest BCUT2D eigenvalue weighted by Crippen LogP contribution is 2.33. The number of ether oxygens (including phenoxy) is 2. The molecular weight excluding hydrogens is 332 g/mol. The first-order valence-corrected chi connectivity index (χ1v) is 7.33. The molecule has 0 spiro atoms. The number of hydrogen-bond acceptors (Lipinski definition) is 4. The van der Waals surface area contributed by atoms with Crippen molar-refractivity contribution in [1.29, 1.82) is 0 Å². The van der Waals surface area contributed by atoms with E-state index in [1.165, 1.54) is 0 Å². The molecule has 2 aromatic rings. The fourth-order valence-corrected chi connectivity index (χ4v) is 2.98. The lowest BCUT2D eigenvalue weighted by atomic mass is 9.97. The molecule has 0 bridgehead atoms. The second-order valence-corrected chi connectivity index (χ2v) is 5.69. The molecule has 0 fully saturated rings. The Balaban J connectivity index is 2.50. The molecule has 1 unspecified atom stereocenters. The van der Waals surface area contributed by atoms with Gasteiger partial charge >= 0.3 is 0 Å². The lowest BCUT2D eigenvalue weighted by molar-refractivity contribution is 0.387. The van der Waals surface area contributed by atoms with Crippen LogP contribution in [-0.2, 0) is 0 Å². The number of hydrogen-bond donors (Lipinski definition) is 2. The Morgan fingerprint density at radius 2 is 1.86 bits per heavy atom. The molecule has 0 aliphatic rings. The average Bonchev–Trinajstić information content (AvgIpc) is 2.47. The molecular formula is C16H19BrN2O2. The van der Waals surface area contributed by atoms with Crippen molar-refractivity contribution in [2.75, 3.05) is 14.2 Å².